The number of amides is 1. The molecule has 0 aliphatic carbocycles. The van der Waals surface area contributed by atoms with Gasteiger partial charge in [0.15, 0.2) is 0 Å². The molecule has 3 rings (SSSR count). The van der Waals surface area contributed by atoms with Crippen molar-refractivity contribution >= 4 is 5.91 Å². The Hall–Kier alpha value is -1.40. The third-order valence-corrected chi connectivity index (χ3v) is 4.78. The minimum atomic E-state index is 0.0929. The molecule has 0 aromatic carbocycles. The van der Waals surface area contributed by atoms with Crippen molar-refractivity contribution in [3.63, 3.8) is 0 Å². The van der Waals surface area contributed by atoms with Gasteiger partial charge in [-0.25, -0.2) is 0 Å². The molecule has 1 aromatic heterocycles. The van der Waals surface area contributed by atoms with Gasteiger partial charge in [0.1, 0.15) is 0 Å². The van der Waals surface area contributed by atoms with Crippen molar-refractivity contribution < 1.29 is 9.53 Å². The highest BCUT2D eigenvalue weighted by Gasteiger charge is 2.53. The molecule has 1 unspecified atom stereocenters. The Bertz CT molecular complexity index is 521. The lowest BCUT2D eigenvalue weighted by atomic mass is 9.84. The van der Waals surface area contributed by atoms with Crippen molar-refractivity contribution in [2.45, 2.75) is 18.9 Å². The molecule has 1 spiro atoms. The van der Waals surface area contributed by atoms with Gasteiger partial charge in [0.05, 0.1) is 23.9 Å². The van der Waals surface area contributed by atoms with Gasteiger partial charge in [0.2, 0.25) is 0 Å². The third-order valence-electron chi connectivity index (χ3n) is 4.78. The van der Waals surface area contributed by atoms with Crippen LogP contribution in [0.15, 0.2) is 12.4 Å². The number of aryl methyl sites for hydroxylation is 1. The Morgan fingerprint density at radius 1 is 1.48 bits per heavy atom. The van der Waals surface area contributed by atoms with Crippen molar-refractivity contribution in [2.75, 3.05) is 39.9 Å². The fraction of sp³-hybridized carbons (Fsp3) is 0.733. The van der Waals surface area contributed by atoms with Gasteiger partial charge in [-0.1, -0.05) is 0 Å². The normalized spacial score (nSPS) is 24.5. The fourth-order valence-corrected chi connectivity index (χ4v) is 3.63. The number of nitrogens with zero attached hydrogens (tertiary/aromatic N) is 4. The lowest BCUT2D eigenvalue weighted by molar-refractivity contribution is -0.00794. The molecule has 116 valence electrons. The van der Waals surface area contributed by atoms with Gasteiger partial charge in [-0.05, 0) is 26.3 Å². The Labute approximate surface area is 125 Å². The first-order valence-electron chi connectivity index (χ1n) is 7.61. The van der Waals surface area contributed by atoms with Gasteiger partial charge in [-0.3, -0.25) is 14.4 Å². The van der Waals surface area contributed by atoms with E-state index in [9.17, 15) is 4.79 Å². The van der Waals surface area contributed by atoms with Gasteiger partial charge in [-0.2, -0.15) is 5.10 Å². The fourth-order valence-electron chi connectivity index (χ4n) is 3.63. The maximum Gasteiger partial charge on any atom is 0.257 e. The van der Waals surface area contributed by atoms with Crippen molar-refractivity contribution in [3.8, 4) is 0 Å². The Balaban J connectivity index is 1.58. The summed E-state index contributed by atoms with van der Waals surface area (Å²) in [4.78, 5) is 16.7. The molecule has 2 saturated heterocycles. The average Bonchev–Trinajstić information content (AvgIpc) is 2.98. The number of likely N-dealkylation sites (tertiary alicyclic amines) is 2. The number of rotatable bonds is 4. The van der Waals surface area contributed by atoms with Crippen LogP contribution < -0.4 is 0 Å². The molecule has 0 N–H and O–H groups in total. The van der Waals surface area contributed by atoms with Gasteiger partial charge in [0, 0.05) is 39.5 Å². The minimum Gasteiger partial charge on any atom is -0.381 e. The van der Waals surface area contributed by atoms with Gasteiger partial charge < -0.3 is 9.64 Å². The van der Waals surface area contributed by atoms with Crippen molar-refractivity contribution in [2.24, 2.45) is 13.0 Å². The molecule has 0 bridgehead atoms. The Morgan fingerprint density at radius 3 is 2.86 bits per heavy atom. The summed E-state index contributed by atoms with van der Waals surface area (Å²) in [7, 11) is 4.00. The van der Waals surface area contributed by atoms with Crippen LogP contribution in [0, 0.1) is 5.92 Å². The van der Waals surface area contributed by atoms with Crippen LogP contribution in [0.3, 0.4) is 0 Å². The van der Waals surface area contributed by atoms with Crippen LogP contribution in [0.5, 0.6) is 0 Å². The van der Waals surface area contributed by atoms with E-state index >= 15 is 0 Å². The van der Waals surface area contributed by atoms with Crippen molar-refractivity contribution in [3.05, 3.63) is 18.0 Å². The molecule has 2 aliphatic rings. The maximum atomic E-state index is 12.4. The number of likely N-dealkylation sites (N-methyl/N-ethyl adjacent to an activating group) is 1. The van der Waals surface area contributed by atoms with Gasteiger partial charge in [-0.15, -0.1) is 0 Å². The predicted molar refractivity (Wildman–Crippen MR) is 79.1 cm³/mol. The Morgan fingerprint density at radius 2 is 2.24 bits per heavy atom. The summed E-state index contributed by atoms with van der Waals surface area (Å²) in [5.41, 5.74) is 0.846. The molecule has 6 nitrogen and oxygen atoms in total. The second-order valence-corrected chi connectivity index (χ2v) is 6.40. The van der Waals surface area contributed by atoms with E-state index in [1.54, 1.807) is 17.1 Å². The highest BCUT2D eigenvalue weighted by molar-refractivity contribution is 5.94. The highest BCUT2D eigenvalue weighted by atomic mass is 16.5. The molecule has 0 saturated carbocycles. The molecule has 2 fully saturated rings. The zero-order valence-corrected chi connectivity index (χ0v) is 13.1. The SMILES string of the molecule is CCOCC1CN(C)C2(C1)CN(C(=O)c1cnn(C)c1)C2. The Kier molecular flexibility index (Phi) is 3.75. The third kappa shape index (κ3) is 2.58. The number of carbonyl (C=O) groups excluding carboxylic acids is 1. The van der Waals surface area contributed by atoms with Crippen LogP contribution in [0.2, 0.25) is 0 Å². The lowest BCUT2D eigenvalue weighted by Gasteiger charge is -2.51. The zero-order valence-electron chi connectivity index (χ0n) is 13.1. The smallest absolute Gasteiger partial charge is 0.257 e. The van der Waals surface area contributed by atoms with Crippen molar-refractivity contribution in [1.82, 2.24) is 19.6 Å². The summed E-state index contributed by atoms with van der Waals surface area (Å²) < 4.78 is 7.23. The van der Waals surface area contributed by atoms with Gasteiger partial charge in [0.25, 0.3) is 5.91 Å². The lowest BCUT2D eigenvalue weighted by Crippen LogP contribution is -2.68. The molecular weight excluding hydrogens is 268 g/mol. The molecule has 2 aliphatic heterocycles. The summed E-state index contributed by atoms with van der Waals surface area (Å²) >= 11 is 0. The minimum absolute atomic E-state index is 0.0929. The molecule has 0 radical (unpaired) electrons. The van der Waals surface area contributed by atoms with Crippen LogP contribution in [-0.4, -0.2) is 70.9 Å². The first-order valence-corrected chi connectivity index (χ1v) is 7.61. The second kappa shape index (κ2) is 5.42. The molecule has 1 aromatic rings. The van der Waals surface area contributed by atoms with Crippen LogP contribution in [0.4, 0.5) is 0 Å². The second-order valence-electron chi connectivity index (χ2n) is 6.40. The molecule has 1 atom stereocenters. The van der Waals surface area contributed by atoms with E-state index < -0.39 is 0 Å². The zero-order chi connectivity index (χ0) is 15.0. The van der Waals surface area contributed by atoms with E-state index in [2.05, 4.69) is 17.0 Å². The predicted octanol–water partition coefficient (Wildman–Crippen LogP) is 0.603. The van der Waals surface area contributed by atoms with Crippen LogP contribution >= 0.6 is 0 Å². The van der Waals surface area contributed by atoms with E-state index in [1.165, 1.54) is 0 Å². The van der Waals surface area contributed by atoms with E-state index in [4.69, 9.17) is 4.74 Å². The van der Waals surface area contributed by atoms with Gasteiger partial charge >= 0.3 is 0 Å². The van der Waals surface area contributed by atoms with E-state index in [1.807, 2.05) is 18.9 Å². The topological polar surface area (TPSA) is 50.6 Å². The standard InChI is InChI=1S/C15H24N4O2/c1-4-21-9-12-5-15(17(2)7-12)10-19(11-15)14(20)13-6-16-18(3)8-13/h6,8,12H,4-5,7,9-11H2,1-3H3. The van der Waals surface area contributed by atoms with Crippen LogP contribution in [0.25, 0.3) is 0 Å². The number of ether oxygens (including phenoxy) is 1. The van der Waals surface area contributed by atoms with Crippen LogP contribution in [0.1, 0.15) is 23.7 Å². The van der Waals surface area contributed by atoms with E-state index in [-0.39, 0.29) is 11.4 Å². The molecule has 21 heavy (non-hydrogen) atoms. The number of hydrogen-bond acceptors (Lipinski definition) is 4. The van der Waals surface area contributed by atoms with E-state index in [0.717, 1.165) is 39.3 Å². The van der Waals surface area contributed by atoms with E-state index in [0.29, 0.717) is 11.5 Å². The summed E-state index contributed by atoms with van der Waals surface area (Å²) in [5.74, 6) is 0.681. The monoisotopic (exact) mass is 292 g/mol. The summed E-state index contributed by atoms with van der Waals surface area (Å²) in [6.07, 6.45) is 4.55. The molecule has 1 amide bonds. The maximum absolute atomic E-state index is 12.4. The molecule has 3 heterocycles. The molecular formula is C15H24N4O2. The highest BCUT2D eigenvalue weighted by Crippen LogP contribution is 2.39. The summed E-state index contributed by atoms with van der Waals surface area (Å²) in [5, 5.41) is 4.07. The summed E-state index contributed by atoms with van der Waals surface area (Å²) in [6.45, 7) is 6.35. The number of hydrogen-bond donors (Lipinski definition) is 0. The average molecular weight is 292 g/mol. The summed E-state index contributed by atoms with van der Waals surface area (Å²) in [6, 6.07) is 0. The molecule has 6 heteroatoms. The van der Waals surface area contributed by atoms with Crippen LogP contribution in [-0.2, 0) is 11.8 Å². The first kappa shape index (κ1) is 14.5. The number of aromatic nitrogens is 2. The largest absolute Gasteiger partial charge is 0.381 e. The first-order chi connectivity index (χ1) is 10.0. The quantitative estimate of drug-likeness (QED) is 0.815. The van der Waals surface area contributed by atoms with Crippen molar-refractivity contribution in [1.29, 1.82) is 0 Å². The number of carbonyl (C=O) groups is 1.